The van der Waals surface area contributed by atoms with Gasteiger partial charge in [0.1, 0.15) is 11.3 Å². The van der Waals surface area contributed by atoms with Crippen molar-refractivity contribution in [2.45, 2.75) is 6.18 Å². The number of rotatable bonds is 2. The van der Waals surface area contributed by atoms with Gasteiger partial charge in [-0.2, -0.15) is 18.3 Å². The van der Waals surface area contributed by atoms with Crippen molar-refractivity contribution in [3.8, 4) is 17.0 Å². The van der Waals surface area contributed by atoms with Crippen molar-refractivity contribution >= 4 is 21.6 Å². The highest BCUT2D eigenvalue weighted by atomic mass is 32.1. The summed E-state index contributed by atoms with van der Waals surface area (Å²) in [6.07, 6.45) is -4.54. The SMILES string of the molecule is COc1ccc(-c2ccc(=O)[nH]n2)c2sc(C(F)(F)F)nc12. The Morgan fingerprint density at radius 2 is 2.00 bits per heavy atom. The van der Waals surface area contributed by atoms with E-state index in [4.69, 9.17) is 4.74 Å². The normalized spacial score (nSPS) is 11.8. The number of hydrogen-bond donors (Lipinski definition) is 1. The number of H-pyrrole nitrogens is 1. The first-order valence-electron chi connectivity index (χ1n) is 6.01. The molecule has 3 rings (SSSR count). The molecule has 0 saturated heterocycles. The fraction of sp³-hybridized carbons (Fsp3) is 0.154. The van der Waals surface area contributed by atoms with Crippen LogP contribution in [-0.4, -0.2) is 22.3 Å². The molecular weight excluding hydrogens is 319 g/mol. The van der Waals surface area contributed by atoms with Gasteiger partial charge in [0.25, 0.3) is 5.56 Å². The van der Waals surface area contributed by atoms with Gasteiger partial charge in [0.15, 0.2) is 5.01 Å². The van der Waals surface area contributed by atoms with Gasteiger partial charge in [0.2, 0.25) is 0 Å². The van der Waals surface area contributed by atoms with Crippen LogP contribution in [0.5, 0.6) is 5.75 Å². The second-order valence-electron chi connectivity index (χ2n) is 4.32. The van der Waals surface area contributed by atoms with Gasteiger partial charge in [0, 0.05) is 11.6 Å². The first-order valence-corrected chi connectivity index (χ1v) is 6.82. The Labute approximate surface area is 125 Å². The Hall–Kier alpha value is -2.42. The van der Waals surface area contributed by atoms with E-state index in [0.717, 1.165) is 0 Å². The fourth-order valence-corrected chi connectivity index (χ4v) is 2.94. The van der Waals surface area contributed by atoms with Crippen molar-refractivity contribution in [3.05, 3.63) is 39.6 Å². The molecule has 0 aliphatic heterocycles. The predicted octanol–water partition coefficient (Wildman–Crippen LogP) is 3.07. The van der Waals surface area contributed by atoms with Crippen LogP contribution in [0.1, 0.15) is 5.01 Å². The van der Waals surface area contributed by atoms with Crippen LogP contribution >= 0.6 is 11.3 Å². The van der Waals surface area contributed by atoms with Crippen molar-refractivity contribution in [3.63, 3.8) is 0 Å². The van der Waals surface area contributed by atoms with Gasteiger partial charge in [-0.1, -0.05) is 0 Å². The molecule has 5 nitrogen and oxygen atoms in total. The molecule has 114 valence electrons. The minimum absolute atomic E-state index is 0.116. The number of halogens is 3. The van der Waals surface area contributed by atoms with Crippen molar-refractivity contribution < 1.29 is 17.9 Å². The van der Waals surface area contributed by atoms with Gasteiger partial charge in [0.05, 0.1) is 17.5 Å². The quantitative estimate of drug-likeness (QED) is 0.785. The van der Waals surface area contributed by atoms with Crippen LogP contribution in [0.25, 0.3) is 21.5 Å². The fourth-order valence-electron chi connectivity index (χ4n) is 1.97. The highest BCUT2D eigenvalue weighted by Crippen LogP contribution is 2.42. The molecule has 0 amide bonds. The van der Waals surface area contributed by atoms with E-state index in [1.807, 2.05) is 0 Å². The molecule has 22 heavy (non-hydrogen) atoms. The summed E-state index contributed by atoms with van der Waals surface area (Å²) in [4.78, 5) is 14.7. The molecule has 1 N–H and O–H groups in total. The smallest absolute Gasteiger partial charge is 0.443 e. The maximum atomic E-state index is 12.9. The summed E-state index contributed by atoms with van der Waals surface area (Å²) >= 11 is 0.511. The zero-order valence-corrected chi connectivity index (χ0v) is 11.9. The van der Waals surface area contributed by atoms with Gasteiger partial charge >= 0.3 is 6.18 Å². The number of fused-ring (bicyclic) bond motifs is 1. The third kappa shape index (κ3) is 2.43. The minimum Gasteiger partial charge on any atom is -0.494 e. The average Bonchev–Trinajstić information content (AvgIpc) is 2.92. The molecule has 2 aromatic heterocycles. The van der Waals surface area contributed by atoms with Gasteiger partial charge in [-0.15, -0.1) is 11.3 Å². The topological polar surface area (TPSA) is 67.9 Å². The number of nitrogens with one attached hydrogen (secondary N) is 1. The third-order valence-electron chi connectivity index (χ3n) is 2.92. The minimum atomic E-state index is -4.54. The summed E-state index contributed by atoms with van der Waals surface area (Å²) < 4.78 is 44.0. The summed E-state index contributed by atoms with van der Waals surface area (Å²) in [5, 5.41) is 5.14. The third-order valence-corrected chi connectivity index (χ3v) is 4.06. The maximum Gasteiger partial charge on any atom is 0.443 e. The monoisotopic (exact) mass is 327 g/mol. The number of nitrogens with zero attached hydrogens (tertiary/aromatic N) is 2. The lowest BCUT2D eigenvalue weighted by Gasteiger charge is -2.04. The number of aromatic amines is 1. The molecule has 2 heterocycles. The lowest BCUT2D eigenvalue weighted by molar-refractivity contribution is -0.137. The van der Waals surface area contributed by atoms with Crippen molar-refractivity contribution in [1.29, 1.82) is 0 Å². The second kappa shape index (κ2) is 5.09. The van der Waals surface area contributed by atoms with E-state index in [1.54, 1.807) is 6.07 Å². The van der Waals surface area contributed by atoms with Crippen LogP contribution in [-0.2, 0) is 6.18 Å². The van der Waals surface area contributed by atoms with Crippen molar-refractivity contribution in [2.75, 3.05) is 7.11 Å². The van der Waals surface area contributed by atoms with Crippen LogP contribution in [0, 0.1) is 0 Å². The number of aromatic nitrogens is 3. The van der Waals surface area contributed by atoms with E-state index in [1.165, 1.54) is 25.3 Å². The molecular formula is C13H8F3N3O2S. The molecule has 0 aliphatic carbocycles. The lowest BCUT2D eigenvalue weighted by Crippen LogP contribution is -2.05. The number of benzene rings is 1. The Balaban J connectivity index is 2.29. The van der Waals surface area contributed by atoms with Crippen LogP contribution in [0.3, 0.4) is 0 Å². The standard InChI is InChI=1S/C13H8F3N3O2S/c1-21-8-4-2-6(7-3-5-9(20)19-18-7)11-10(8)17-12(22-11)13(14,15)16/h2-5H,1H3,(H,19,20). The summed E-state index contributed by atoms with van der Waals surface area (Å²) in [7, 11) is 1.36. The van der Waals surface area contributed by atoms with E-state index >= 15 is 0 Å². The molecule has 0 unspecified atom stereocenters. The molecule has 9 heteroatoms. The summed E-state index contributed by atoms with van der Waals surface area (Å²) in [6.45, 7) is 0. The number of alkyl halides is 3. The summed E-state index contributed by atoms with van der Waals surface area (Å²) in [6, 6.07) is 5.79. The zero-order valence-electron chi connectivity index (χ0n) is 11.1. The molecule has 0 saturated carbocycles. The maximum absolute atomic E-state index is 12.9. The Morgan fingerprint density at radius 1 is 1.23 bits per heavy atom. The summed E-state index contributed by atoms with van der Waals surface area (Å²) in [5.74, 6) is 0.245. The van der Waals surface area contributed by atoms with E-state index in [-0.39, 0.29) is 11.3 Å². The molecule has 0 radical (unpaired) electrons. The van der Waals surface area contributed by atoms with E-state index in [9.17, 15) is 18.0 Å². The van der Waals surface area contributed by atoms with Crippen molar-refractivity contribution in [2.24, 2.45) is 0 Å². The van der Waals surface area contributed by atoms with E-state index in [0.29, 0.717) is 27.3 Å². The lowest BCUT2D eigenvalue weighted by atomic mass is 10.1. The molecule has 0 bridgehead atoms. The van der Waals surface area contributed by atoms with E-state index < -0.39 is 16.7 Å². The van der Waals surface area contributed by atoms with Gasteiger partial charge in [-0.05, 0) is 18.2 Å². The molecule has 1 aromatic carbocycles. The number of hydrogen-bond acceptors (Lipinski definition) is 5. The predicted molar refractivity (Wildman–Crippen MR) is 75.0 cm³/mol. The Kier molecular flexibility index (Phi) is 3.36. The van der Waals surface area contributed by atoms with Gasteiger partial charge in [-0.25, -0.2) is 10.1 Å². The molecule has 0 fully saturated rings. The molecule has 0 aliphatic rings. The van der Waals surface area contributed by atoms with Gasteiger partial charge < -0.3 is 4.74 Å². The highest BCUT2D eigenvalue weighted by molar-refractivity contribution is 7.19. The number of ether oxygens (including phenoxy) is 1. The Bertz CT molecular complexity index is 881. The zero-order chi connectivity index (χ0) is 15.9. The summed E-state index contributed by atoms with van der Waals surface area (Å²) in [5.41, 5.74) is 0.517. The van der Waals surface area contributed by atoms with Crippen LogP contribution < -0.4 is 10.3 Å². The Morgan fingerprint density at radius 3 is 2.59 bits per heavy atom. The highest BCUT2D eigenvalue weighted by Gasteiger charge is 2.36. The average molecular weight is 327 g/mol. The van der Waals surface area contributed by atoms with Crippen LogP contribution in [0.15, 0.2) is 29.1 Å². The van der Waals surface area contributed by atoms with Crippen LogP contribution in [0.4, 0.5) is 13.2 Å². The molecule has 0 spiro atoms. The molecule has 3 aromatic rings. The molecule has 0 atom stereocenters. The van der Waals surface area contributed by atoms with Gasteiger partial charge in [-0.3, -0.25) is 4.79 Å². The van der Waals surface area contributed by atoms with Crippen molar-refractivity contribution in [1.82, 2.24) is 15.2 Å². The second-order valence-corrected chi connectivity index (χ2v) is 5.32. The first kappa shape index (κ1) is 14.5. The number of methoxy groups -OCH3 is 1. The van der Waals surface area contributed by atoms with E-state index in [2.05, 4.69) is 15.2 Å². The van der Waals surface area contributed by atoms with Crippen LogP contribution in [0.2, 0.25) is 0 Å². The first-order chi connectivity index (χ1) is 10.4. The largest absolute Gasteiger partial charge is 0.494 e. The number of thiazole rings is 1.